The van der Waals surface area contributed by atoms with Gasteiger partial charge in [0.05, 0.1) is 11.6 Å². The normalized spacial score (nSPS) is 10.1. The van der Waals surface area contributed by atoms with Crippen molar-refractivity contribution < 1.29 is 9.53 Å². The SMILES string of the molecule is COc1ccc(NC(=O)c2ccc(Cl)nn2)cc1Br. The summed E-state index contributed by atoms with van der Waals surface area (Å²) in [5, 5.41) is 10.3. The third kappa shape index (κ3) is 3.42. The maximum atomic E-state index is 11.9. The molecule has 0 saturated carbocycles. The van der Waals surface area contributed by atoms with E-state index >= 15 is 0 Å². The zero-order valence-electron chi connectivity index (χ0n) is 9.85. The standard InChI is InChI=1S/C12H9BrClN3O2/c1-19-10-4-2-7(6-8(10)13)15-12(18)9-3-5-11(14)17-16-9/h2-6H,1H3,(H,15,18). The topological polar surface area (TPSA) is 64.1 Å². The molecule has 1 N–H and O–H groups in total. The molecule has 0 fully saturated rings. The van der Waals surface area contributed by atoms with Crippen LogP contribution in [0.2, 0.25) is 5.15 Å². The molecule has 19 heavy (non-hydrogen) atoms. The first kappa shape index (κ1) is 13.8. The summed E-state index contributed by atoms with van der Waals surface area (Å²) in [5.41, 5.74) is 0.811. The van der Waals surface area contributed by atoms with Crippen molar-refractivity contribution in [2.45, 2.75) is 0 Å². The molecule has 1 amide bonds. The summed E-state index contributed by atoms with van der Waals surface area (Å²) >= 11 is 8.95. The van der Waals surface area contributed by atoms with Crippen LogP contribution in [0.3, 0.4) is 0 Å². The first-order chi connectivity index (χ1) is 9.10. The lowest BCUT2D eigenvalue weighted by Gasteiger charge is -2.07. The lowest BCUT2D eigenvalue weighted by Crippen LogP contribution is -2.14. The number of anilines is 1. The smallest absolute Gasteiger partial charge is 0.276 e. The van der Waals surface area contributed by atoms with E-state index in [1.54, 1.807) is 25.3 Å². The fourth-order valence-corrected chi connectivity index (χ4v) is 2.02. The molecule has 2 rings (SSSR count). The van der Waals surface area contributed by atoms with Crippen molar-refractivity contribution in [3.05, 3.63) is 45.7 Å². The number of hydrogen-bond donors (Lipinski definition) is 1. The van der Waals surface area contributed by atoms with Crippen LogP contribution in [0.25, 0.3) is 0 Å². The van der Waals surface area contributed by atoms with Gasteiger partial charge < -0.3 is 10.1 Å². The molecule has 1 aromatic carbocycles. The molecule has 7 heteroatoms. The minimum atomic E-state index is -0.360. The Labute approximate surface area is 123 Å². The van der Waals surface area contributed by atoms with E-state index in [4.69, 9.17) is 16.3 Å². The van der Waals surface area contributed by atoms with Crippen molar-refractivity contribution in [3.63, 3.8) is 0 Å². The predicted molar refractivity (Wildman–Crippen MR) is 75.7 cm³/mol. The van der Waals surface area contributed by atoms with E-state index in [0.717, 1.165) is 4.47 Å². The van der Waals surface area contributed by atoms with E-state index in [1.165, 1.54) is 12.1 Å². The molecule has 5 nitrogen and oxygen atoms in total. The Hall–Kier alpha value is -1.66. The third-order valence-corrected chi connectivity index (χ3v) is 3.10. The zero-order valence-corrected chi connectivity index (χ0v) is 12.2. The molecule has 0 aliphatic carbocycles. The van der Waals surface area contributed by atoms with Crippen LogP contribution in [0.15, 0.2) is 34.8 Å². The first-order valence-electron chi connectivity index (χ1n) is 5.24. The fourth-order valence-electron chi connectivity index (χ4n) is 1.38. The minimum absolute atomic E-state index is 0.191. The number of hydrogen-bond acceptors (Lipinski definition) is 4. The number of ether oxygens (including phenoxy) is 1. The van der Waals surface area contributed by atoms with E-state index in [2.05, 4.69) is 31.4 Å². The van der Waals surface area contributed by atoms with E-state index in [9.17, 15) is 4.79 Å². The van der Waals surface area contributed by atoms with Crippen LogP contribution in [0, 0.1) is 0 Å². The fraction of sp³-hybridized carbons (Fsp3) is 0.0833. The van der Waals surface area contributed by atoms with Crippen molar-refractivity contribution in [1.29, 1.82) is 0 Å². The summed E-state index contributed by atoms with van der Waals surface area (Å²) in [4.78, 5) is 11.9. The summed E-state index contributed by atoms with van der Waals surface area (Å²) in [7, 11) is 1.57. The number of benzene rings is 1. The molecule has 0 atom stereocenters. The number of carbonyl (C=O) groups is 1. The minimum Gasteiger partial charge on any atom is -0.496 e. The maximum Gasteiger partial charge on any atom is 0.276 e. The highest BCUT2D eigenvalue weighted by Crippen LogP contribution is 2.27. The average molecular weight is 343 g/mol. The summed E-state index contributed by atoms with van der Waals surface area (Å²) in [6, 6.07) is 8.22. The molecule has 0 bridgehead atoms. The van der Waals surface area contributed by atoms with E-state index in [0.29, 0.717) is 11.4 Å². The zero-order chi connectivity index (χ0) is 13.8. The molecular weight excluding hydrogens is 334 g/mol. The van der Waals surface area contributed by atoms with Gasteiger partial charge in [-0.15, -0.1) is 10.2 Å². The summed E-state index contributed by atoms with van der Waals surface area (Å²) < 4.78 is 5.85. The van der Waals surface area contributed by atoms with Crippen LogP contribution in [0.1, 0.15) is 10.5 Å². The second kappa shape index (κ2) is 5.99. The van der Waals surface area contributed by atoms with Crippen molar-refractivity contribution >= 4 is 39.1 Å². The van der Waals surface area contributed by atoms with Gasteiger partial charge in [-0.3, -0.25) is 4.79 Å². The number of methoxy groups -OCH3 is 1. The number of rotatable bonds is 3. The van der Waals surface area contributed by atoms with E-state index in [1.807, 2.05) is 0 Å². The number of amides is 1. The molecule has 0 saturated heterocycles. The molecule has 1 aromatic heterocycles. The summed E-state index contributed by atoms with van der Waals surface area (Å²) in [6.45, 7) is 0. The largest absolute Gasteiger partial charge is 0.496 e. The van der Waals surface area contributed by atoms with Crippen LogP contribution in [-0.2, 0) is 0 Å². The van der Waals surface area contributed by atoms with Gasteiger partial charge in [-0.2, -0.15) is 0 Å². The van der Waals surface area contributed by atoms with Gasteiger partial charge in [0.2, 0.25) is 0 Å². The first-order valence-corrected chi connectivity index (χ1v) is 6.41. The van der Waals surface area contributed by atoms with Gasteiger partial charge in [0.1, 0.15) is 5.75 Å². The molecule has 0 spiro atoms. The van der Waals surface area contributed by atoms with Crippen molar-refractivity contribution in [2.75, 3.05) is 12.4 Å². The Kier molecular flexibility index (Phi) is 4.34. The lowest BCUT2D eigenvalue weighted by molar-refractivity contribution is 0.102. The van der Waals surface area contributed by atoms with Gasteiger partial charge in [0.25, 0.3) is 5.91 Å². The number of carbonyl (C=O) groups excluding carboxylic acids is 1. The quantitative estimate of drug-likeness (QED) is 0.930. The lowest BCUT2D eigenvalue weighted by atomic mass is 10.3. The van der Waals surface area contributed by atoms with Gasteiger partial charge >= 0.3 is 0 Å². The number of aromatic nitrogens is 2. The molecule has 2 aromatic rings. The second-order valence-electron chi connectivity index (χ2n) is 3.54. The maximum absolute atomic E-state index is 11.9. The molecule has 0 aliphatic heterocycles. The monoisotopic (exact) mass is 341 g/mol. The predicted octanol–water partition coefficient (Wildman–Crippen LogP) is 3.15. The van der Waals surface area contributed by atoms with Crippen LogP contribution < -0.4 is 10.1 Å². The Balaban J connectivity index is 2.14. The van der Waals surface area contributed by atoms with Gasteiger partial charge in [-0.05, 0) is 46.3 Å². The second-order valence-corrected chi connectivity index (χ2v) is 4.79. The van der Waals surface area contributed by atoms with Crippen molar-refractivity contribution in [3.8, 4) is 5.75 Å². The Morgan fingerprint density at radius 2 is 2.11 bits per heavy atom. The van der Waals surface area contributed by atoms with E-state index < -0.39 is 0 Å². The Morgan fingerprint density at radius 3 is 2.68 bits per heavy atom. The van der Waals surface area contributed by atoms with Crippen LogP contribution in [0.4, 0.5) is 5.69 Å². The summed E-state index contributed by atoms with van der Waals surface area (Å²) in [5.74, 6) is 0.325. The highest BCUT2D eigenvalue weighted by Gasteiger charge is 2.09. The van der Waals surface area contributed by atoms with Crippen LogP contribution in [-0.4, -0.2) is 23.2 Å². The summed E-state index contributed by atoms with van der Waals surface area (Å²) in [6.07, 6.45) is 0. The van der Waals surface area contributed by atoms with Crippen LogP contribution in [0.5, 0.6) is 5.75 Å². The Morgan fingerprint density at radius 1 is 1.32 bits per heavy atom. The van der Waals surface area contributed by atoms with Gasteiger partial charge in [0, 0.05) is 5.69 Å². The molecule has 0 aliphatic rings. The Bertz CT molecular complexity index is 604. The van der Waals surface area contributed by atoms with Crippen LogP contribution >= 0.6 is 27.5 Å². The van der Waals surface area contributed by atoms with Crippen molar-refractivity contribution in [1.82, 2.24) is 10.2 Å². The molecule has 1 heterocycles. The van der Waals surface area contributed by atoms with Crippen molar-refractivity contribution in [2.24, 2.45) is 0 Å². The average Bonchev–Trinajstić information content (AvgIpc) is 2.39. The number of nitrogens with one attached hydrogen (secondary N) is 1. The number of nitrogens with zero attached hydrogens (tertiary/aromatic N) is 2. The van der Waals surface area contributed by atoms with Gasteiger partial charge in [-0.25, -0.2) is 0 Å². The van der Waals surface area contributed by atoms with Gasteiger partial charge in [0.15, 0.2) is 10.8 Å². The molecular formula is C12H9BrClN3O2. The third-order valence-electron chi connectivity index (χ3n) is 2.27. The van der Waals surface area contributed by atoms with E-state index in [-0.39, 0.29) is 16.8 Å². The number of halogens is 2. The molecule has 0 unspecified atom stereocenters. The highest BCUT2D eigenvalue weighted by atomic mass is 79.9. The molecule has 98 valence electrons. The highest BCUT2D eigenvalue weighted by molar-refractivity contribution is 9.10. The van der Waals surface area contributed by atoms with Gasteiger partial charge in [-0.1, -0.05) is 11.6 Å². The molecule has 0 radical (unpaired) electrons.